The molecule has 0 atom stereocenters. The molecule has 0 saturated carbocycles. The Bertz CT molecular complexity index is 761. The van der Waals surface area contributed by atoms with Crippen LogP contribution in [0.25, 0.3) is 0 Å². The van der Waals surface area contributed by atoms with Crippen molar-refractivity contribution >= 4 is 51.4 Å². The molecule has 0 radical (unpaired) electrons. The molecular weight excluding hydrogens is 406 g/mol. The first-order valence-corrected chi connectivity index (χ1v) is 10.8. The summed E-state index contributed by atoms with van der Waals surface area (Å²) in [5.74, 6) is -0.667. The highest BCUT2D eigenvalue weighted by Crippen LogP contribution is 2.26. The molecule has 1 rings (SSSR count). The first kappa shape index (κ1) is 18.4. The number of sulfone groups is 1. The molecule has 0 aliphatic carbocycles. The van der Waals surface area contributed by atoms with Gasteiger partial charge >= 0.3 is 0 Å². The van der Waals surface area contributed by atoms with Crippen LogP contribution in [0.4, 0.5) is 0 Å². The fourth-order valence-electron chi connectivity index (χ4n) is 1.45. The highest BCUT2D eigenvalue weighted by Gasteiger charge is 2.19. The van der Waals surface area contributed by atoms with Crippen LogP contribution >= 0.6 is 26.6 Å². The van der Waals surface area contributed by atoms with Crippen LogP contribution in [0.3, 0.4) is 0 Å². The van der Waals surface area contributed by atoms with E-state index in [2.05, 4.69) is 15.9 Å². The summed E-state index contributed by atoms with van der Waals surface area (Å²) >= 11 is 3.04. The van der Waals surface area contributed by atoms with Gasteiger partial charge in [0.15, 0.2) is 0 Å². The highest BCUT2D eigenvalue weighted by molar-refractivity contribution is 9.10. The number of rotatable bonds is 5. The van der Waals surface area contributed by atoms with E-state index in [9.17, 15) is 21.6 Å². The van der Waals surface area contributed by atoms with E-state index in [4.69, 9.17) is 10.7 Å². The molecule has 0 unspecified atom stereocenters. The molecule has 0 saturated heterocycles. The molecule has 1 aromatic carbocycles. The third kappa shape index (κ3) is 5.57. The zero-order chi connectivity index (χ0) is 16.4. The van der Waals surface area contributed by atoms with Crippen LogP contribution < -0.4 is 0 Å². The lowest BCUT2D eigenvalue weighted by Crippen LogP contribution is -2.31. The van der Waals surface area contributed by atoms with Crippen molar-refractivity contribution in [3.05, 3.63) is 28.2 Å². The second kappa shape index (κ2) is 6.64. The van der Waals surface area contributed by atoms with Crippen LogP contribution in [0.15, 0.2) is 27.6 Å². The molecule has 6 nitrogen and oxygen atoms in total. The van der Waals surface area contributed by atoms with Gasteiger partial charge in [0.1, 0.15) is 9.84 Å². The van der Waals surface area contributed by atoms with Crippen LogP contribution in [0.2, 0.25) is 0 Å². The van der Waals surface area contributed by atoms with E-state index in [-0.39, 0.29) is 27.2 Å². The van der Waals surface area contributed by atoms with Crippen LogP contribution in [-0.2, 0) is 18.9 Å². The Morgan fingerprint density at radius 3 is 2.33 bits per heavy atom. The SMILES string of the molecule is CN(CCS(C)(=O)=O)C(=O)c1ccc(Br)c(S(=O)(=O)Cl)c1. The second-order valence-electron chi connectivity index (χ2n) is 4.44. The summed E-state index contributed by atoms with van der Waals surface area (Å²) in [5.41, 5.74) is 0.105. The minimum atomic E-state index is -3.99. The van der Waals surface area contributed by atoms with Crippen LogP contribution in [0.1, 0.15) is 10.4 Å². The molecule has 1 amide bonds. The van der Waals surface area contributed by atoms with E-state index in [1.165, 1.54) is 24.1 Å². The van der Waals surface area contributed by atoms with Gasteiger partial charge in [0.05, 0.1) is 10.6 Å². The van der Waals surface area contributed by atoms with Gasteiger partial charge in [-0.3, -0.25) is 4.79 Å². The zero-order valence-electron chi connectivity index (χ0n) is 11.2. The number of nitrogens with zero attached hydrogens (tertiary/aromatic N) is 1. The monoisotopic (exact) mass is 417 g/mol. The Morgan fingerprint density at radius 2 is 1.86 bits per heavy atom. The van der Waals surface area contributed by atoms with Gasteiger partial charge in [-0.05, 0) is 34.1 Å². The Balaban J connectivity index is 3.04. The molecule has 10 heteroatoms. The summed E-state index contributed by atoms with van der Waals surface area (Å²) in [6, 6.07) is 3.97. The fourth-order valence-corrected chi connectivity index (χ4v) is 4.17. The summed E-state index contributed by atoms with van der Waals surface area (Å²) in [6.45, 7) is 0.0106. The van der Waals surface area contributed by atoms with Crippen molar-refractivity contribution < 1.29 is 21.6 Å². The third-order valence-corrected chi connectivity index (χ3v) is 5.82. The maximum absolute atomic E-state index is 12.1. The van der Waals surface area contributed by atoms with Crippen molar-refractivity contribution in [2.24, 2.45) is 0 Å². The molecular formula is C11H13BrClNO5S2. The van der Waals surface area contributed by atoms with Crippen molar-refractivity contribution in [2.45, 2.75) is 4.90 Å². The predicted molar refractivity (Wildman–Crippen MR) is 83.9 cm³/mol. The molecule has 0 aromatic heterocycles. The minimum absolute atomic E-state index is 0.0106. The molecule has 1 aromatic rings. The first-order chi connectivity index (χ1) is 9.42. The van der Waals surface area contributed by atoms with Crippen LogP contribution in [-0.4, -0.2) is 53.2 Å². The van der Waals surface area contributed by atoms with E-state index >= 15 is 0 Å². The van der Waals surface area contributed by atoms with E-state index in [1.807, 2.05) is 0 Å². The molecule has 0 N–H and O–H groups in total. The number of hydrogen-bond donors (Lipinski definition) is 0. The molecule has 21 heavy (non-hydrogen) atoms. The molecule has 0 fully saturated rings. The maximum Gasteiger partial charge on any atom is 0.262 e. The number of amides is 1. The van der Waals surface area contributed by atoms with E-state index in [0.29, 0.717) is 0 Å². The minimum Gasteiger partial charge on any atom is -0.341 e. The van der Waals surface area contributed by atoms with Crippen molar-refractivity contribution in [1.29, 1.82) is 0 Å². The molecule has 0 spiro atoms. The summed E-state index contributed by atoms with van der Waals surface area (Å²) < 4.78 is 45.2. The summed E-state index contributed by atoms with van der Waals surface area (Å²) in [4.78, 5) is 13.1. The lowest BCUT2D eigenvalue weighted by Gasteiger charge is -2.17. The van der Waals surface area contributed by atoms with Gasteiger partial charge in [-0.15, -0.1) is 0 Å². The Kier molecular flexibility index (Phi) is 5.82. The standard InChI is InChI=1S/C11H13BrClNO5S2/c1-14(5-6-20(2,16)17)11(15)8-3-4-9(12)10(7-8)21(13,18)19/h3-4,7H,5-6H2,1-2H3. The van der Waals surface area contributed by atoms with E-state index in [1.54, 1.807) is 0 Å². The lowest BCUT2D eigenvalue weighted by molar-refractivity contribution is 0.0803. The van der Waals surface area contributed by atoms with Crippen molar-refractivity contribution in [3.8, 4) is 0 Å². The third-order valence-electron chi connectivity index (χ3n) is 2.59. The molecule has 0 heterocycles. The van der Waals surface area contributed by atoms with Gasteiger partial charge in [0.25, 0.3) is 15.0 Å². The van der Waals surface area contributed by atoms with Gasteiger partial charge in [0.2, 0.25) is 0 Å². The van der Waals surface area contributed by atoms with Gasteiger partial charge in [-0.25, -0.2) is 16.8 Å². The Labute approximate surface area is 136 Å². The van der Waals surface area contributed by atoms with Crippen LogP contribution in [0.5, 0.6) is 0 Å². The summed E-state index contributed by atoms with van der Waals surface area (Å²) in [6.07, 6.45) is 1.07. The average molecular weight is 419 g/mol. The zero-order valence-corrected chi connectivity index (χ0v) is 15.2. The van der Waals surface area contributed by atoms with E-state index < -0.39 is 24.8 Å². The number of benzene rings is 1. The normalized spacial score (nSPS) is 12.2. The van der Waals surface area contributed by atoms with Gasteiger partial charge in [0, 0.05) is 40.6 Å². The fraction of sp³-hybridized carbons (Fsp3) is 0.364. The second-order valence-corrected chi connectivity index (χ2v) is 10.1. The lowest BCUT2D eigenvalue weighted by atomic mass is 10.2. The molecule has 0 aliphatic heterocycles. The van der Waals surface area contributed by atoms with Crippen molar-refractivity contribution in [1.82, 2.24) is 4.90 Å². The van der Waals surface area contributed by atoms with Gasteiger partial charge in [-0.1, -0.05) is 0 Å². The van der Waals surface area contributed by atoms with Crippen LogP contribution in [0, 0.1) is 0 Å². The number of carbonyl (C=O) groups is 1. The van der Waals surface area contributed by atoms with Gasteiger partial charge < -0.3 is 4.90 Å². The van der Waals surface area contributed by atoms with Crippen molar-refractivity contribution in [2.75, 3.05) is 25.6 Å². The molecule has 0 aliphatic rings. The smallest absolute Gasteiger partial charge is 0.262 e. The number of hydrogen-bond acceptors (Lipinski definition) is 5. The summed E-state index contributed by atoms with van der Waals surface area (Å²) in [5, 5.41) is 0. The Morgan fingerprint density at radius 1 is 1.29 bits per heavy atom. The average Bonchev–Trinajstić information content (AvgIpc) is 2.33. The summed E-state index contributed by atoms with van der Waals surface area (Å²) in [7, 11) is -0.469. The maximum atomic E-state index is 12.1. The van der Waals surface area contributed by atoms with Crippen molar-refractivity contribution in [3.63, 3.8) is 0 Å². The van der Waals surface area contributed by atoms with Gasteiger partial charge in [-0.2, -0.15) is 0 Å². The molecule has 0 bridgehead atoms. The quantitative estimate of drug-likeness (QED) is 0.676. The number of halogens is 2. The highest BCUT2D eigenvalue weighted by atomic mass is 79.9. The Hall–Kier alpha value is -0.640. The number of carbonyl (C=O) groups excluding carboxylic acids is 1. The topological polar surface area (TPSA) is 88.6 Å². The largest absolute Gasteiger partial charge is 0.341 e. The molecule has 118 valence electrons. The van der Waals surface area contributed by atoms with E-state index in [0.717, 1.165) is 12.3 Å². The first-order valence-electron chi connectivity index (χ1n) is 5.59. The predicted octanol–water partition coefficient (Wildman–Crippen LogP) is 1.49.